The average molecular weight is 239 g/mol. The molecule has 2 nitrogen and oxygen atoms in total. The molecule has 0 amide bonds. The van der Waals surface area contributed by atoms with Crippen LogP contribution in [0.15, 0.2) is 23.1 Å². The van der Waals surface area contributed by atoms with E-state index >= 15 is 0 Å². The van der Waals surface area contributed by atoms with Gasteiger partial charge in [-0.1, -0.05) is 19.1 Å². The van der Waals surface area contributed by atoms with Crippen LogP contribution in [0.25, 0.3) is 0 Å². The Morgan fingerprint density at radius 1 is 1.38 bits per heavy atom. The first-order valence-corrected chi connectivity index (χ1v) is 6.68. The first-order valence-electron chi connectivity index (χ1n) is 5.70. The van der Waals surface area contributed by atoms with Gasteiger partial charge in [0.2, 0.25) is 0 Å². The van der Waals surface area contributed by atoms with Crippen molar-refractivity contribution in [2.75, 3.05) is 26.0 Å². The third-order valence-corrected chi connectivity index (χ3v) is 3.41. The summed E-state index contributed by atoms with van der Waals surface area (Å²) in [6, 6.07) is 6.68. The number of nitrogens with one attached hydrogen (secondary N) is 1. The lowest BCUT2D eigenvalue weighted by Gasteiger charge is -2.08. The number of ether oxygens (including phenoxy) is 1. The average Bonchev–Trinajstić information content (AvgIpc) is 2.28. The molecule has 0 aromatic heterocycles. The predicted octanol–water partition coefficient (Wildman–Crippen LogP) is 2.84. The van der Waals surface area contributed by atoms with Crippen molar-refractivity contribution < 1.29 is 4.74 Å². The van der Waals surface area contributed by atoms with E-state index < -0.39 is 0 Å². The van der Waals surface area contributed by atoms with Gasteiger partial charge < -0.3 is 10.1 Å². The number of methoxy groups -OCH3 is 1. The highest BCUT2D eigenvalue weighted by atomic mass is 32.2. The summed E-state index contributed by atoms with van der Waals surface area (Å²) < 4.78 is 4.99. The zero-order valence-electron chi connectivity index (χ0n) is 10.4. The second-order valence-electron chi connectivity index (χ2n) is 3.70. The summed E-state index contributed by atoms with van der Waals surface area (Å²) in [6.45, 7) is 6.95. The minimum absolute atomic E-state index is 0.767. The first-order chi connectivity index (χ1) is 7.77. The summed E-state index contributed by atoms with van der Waals surface area (Å²) in [5.41, 5.74) is 2.71. The maximum absolute atomic E-state index is 4.99. The van der Waals surface area contributed by atoms with Gasteiger partial charge in [-0.2, -0.15) is 0 Å². The lowest BCUT2D eigenvalue weighted by Crippen LogP contribution is -2.18. The van der Waals surface area contributed by atoms with Crippen LogP contribution in [0.1, 0.15) is 18.1 Å². The summed E-state index contributed by atoms with van der Waals surface area (Å²) in [7, 11) is 1.72. The molecule has 0 spiro atoms. The van der Waals surface area contributed by atoms with E-state index in [2.05, 4.69) is 37.4 Å². The highest BCUT2D eigenvalue weighted by Crippen LogP contribution is 2.22. The first kappa shape index (κ1) is 13.6. The lowest BCUT2D eigenvalue weighted by atomic mass is 10.1. The smallest absolute Gasteiger partial charge is 0.0587 e. The largest absolute Gasteiger partial charge is 0.383 e. The van der Waals surface area contributed by atoms with Gasteiger partial charge in [0.1, 0.15) is 0 Å². The third-order valence-electron chi connectivity index (χ3n) is 2.35. The molecule has 16 heavy (non-hydrogen) atoms. The molecule has 0 aliphatic heterocycles. The number of rotatable bonds is 7. The molecule has 1 aromatic rings. The van der Waals surface area contributed by atoms with Gasteiger partial charge in [-0.25, -0.2) is 0 Å². The predicted molar refractivity (Wildman–Crippen MR) is 71.2 cm³/mol. The van der Waals surface area contributed by atoms with Gasteiger partial charge in [0, 0.05) is 25.1 Å². The molecule has 0 fully saturated rings. The fourth-order valence-corrected chi connectivity index (χ4v) is 2.31. The minimum atomic E-state index is 0.767. The van der Waals surface area contributed by atoms with E-state index in [1.165, 1.54) is 16.0 Å². The fourth-order valence-electron chi connectivity index (χ4n) is 1.55. The van der Waals surface area contributed by atoms with Gasteiger partial charge in [-0.05, 0) is 29.9 Å². The van der Waals surface area contributed by atoms with Crippen LogP contribution >= 0.6 is 11.8 Å². The van der Waals surface area contributed by atoms with E-state index in [1.54, 1.807) is 7.11 Å². The van der Waals surface area contributed by atoms with Gasteiger partial charge in [0.15, 0.2) is 0 Å². The van der Waals surface area contributed by atoms with Crippen molar-refractivity contribution in [2.24, 2.45) is 0 Å². The van der Waals surface area contributed by atoms with E-state index in [0.717, 1.165) is 25.4 Å². The Hall–Kier alpha value is -0.510. The Kier molecular flexibility index (Phi) is 6.53. The van der Waals surface area contributed by atoms with Crippen molar-refractivity contribution in [3.63, 3.8) is 0 Å². The SMILES string of the molecule is CCSc1ccc(CNCCOC)cc1C. The van der Waals surface area contributed by atoms with Gasteiger partial charge in [-0.3, -0.25) is 0 Å². The molecule has 90 valence electrons. The van der Waals surface area contributed by atoms with Crippen LogP contribution in [-0.4, -0.2) is 26.0 Å². The Balaban J connectivity index is 2.46. The molecule has 0 radical (unpaired) electrons. The topological polar surface area (TPSA) is 21.3 Å². The van der Waals surface area contributed by atoms with Crippen LogP contribution in [-0.2, 0) is 11.3 Å². The standard InChI is InChI=1S/C13H21NOS/c1-4-16-13-6-5-12(9-11(13)2)10-14-7-8-15-3/h5-6,9,14H,4,7-8,10H2,1-3H3. The van der Waals surface area contributed by atoms with Gasteiger partial charge >= 0.3 is 0 Å². The molecule has 3 heteroatoms. The highest BCUT2D eigenvalue weighted by molar-refractivity contribution is 7.99. The van der Waals surface area contributed by atoms with Crippen LogP contribution in [0.5, 0.6) is 0 Å². The maximum atomic E-state index is 4.99. The summed E-state index contributed by atoms with van der Waals surface area (Å²) in [4.78, 5) is 1.39. The van der Waals surface area contributed by atoms with E-state index in [1.807, 2.05) is 11.8 Å². The van der Waals surface area contributed by atoms with Crippen molar-refractivity contribution in [3.8, 4) is 0 Å². The van der Waals surface area contributed by atoms with Crippen molar-refractivity contribution in [1.82, 2.24) is 5.32 Å². The van der Waals surface area contributed by atoms with Crippen LogP contribution in [0.2, 0.25) is 0 Å². The molecule has 0 unspecified atom stereocenters. The molecule has 0 heterocycles. The Morgan fingerprint density at radius 3 is 2.81 bits per heavy atom. The summed E-state index contributed by atoms with van der Waals surface area (Å²) in [5, 5.41) is 3.35. The van der Waals surface area contributed by atoms with Crippen molar-refractivity contribution >= 4 is 11.8 Å². The second-order valence-corrected chi connectivity index (χ2v) is 5.01. The maximum Gasteiger partial charge on any atom is 0.0587 e. The number of aryl methyl sites for hydroxylation is 1. The molecule has 0 atom stereocenters. The number of benzene rings is 1. The van der Waals surface area contributed by atoms with Crippen LogP contribution in [0, 0.1) is 6.92 Å². The number of thioether (sulfide) groups is 1. The minimum Gasteiger partial charge on any atom is -0.383 e. The van der Waals surface area contributed by atoms with Crippen molar-refractivity contribution in [1.29, 1.82) is 0 Å². The summed E-state index contributed by atoms with van der Waals surface area (Å²) in [5.74, 6) is 1.13. The molecular formula is C13H21NOS. The monoisotopic (exact) mass is 239 g/mol. The van der Waals surface area contributed by atoms with E-state index in [9.17, 15) is 0 Å². The molecule has 0 saturated heterocycles. The second kappa shape index (κ2) is 7.71. The third kappa shape index (κ3) is 4.56. The van der Waals surface area contributed by atoms with E-state index in [4.69, 9.17) is 4.74 Å². The molecule has 0 aliphatic rings. The van der Waals surface area contributed by atoms with Crippen molar-refractivity contribution in [3.05, 3.63) is 29.3 Å². The Labute approximate surface area is 103 Å². The van der Waals surface area contributed by atoms with E-state index in [-0.39, 0.29) is 0 Å². The van der Waals surface area contributed by atoms with Gasteiger partial charge in [-0.15, -0.1) is 11.8 Å². The molecule has 1 rings (SSSR count). The number of hydrogen-bond donors (Lipinski definition) is 1. The Bertz CT molecular complexity index is 315. The van der Waals surface area contributed by atoms with Crippen LogP contribution in [0.4, 0.5) is 0 Å². The fraction of sp³-hybridized carbons (Fsp3) is 0.538. The molecule has 1 aromatic carbocycles. The zero-order chi connectivity index (χ0) is 11.8. The van der Waals surface area contributed by atoms with Gasteiger partial charge in [0.25, 0.3) is 0 Å². The quantitative estimate of drug-likeness (QED) is 0.584. The van der Waals surface area contributed by atoms with Crippen molar-refractivity contribution in [2.45, 2.75) is 25.3 Å². The molecule has 0 saturated carbocycles. The summed E-state index contributed by atoms with van der Waals surface area (Å²) in [6.07, 6.45) is 0. The molecule has 1 N–H and O–H groups in total. The lowest BCUT2D eigenvalue weighted by molar-refractivity contribution is 0.199. The normalized spacial score (nSPS) is 10.7. The Morgan fingerprint density at radius 2 is 2.19 bits per heavy atom. The van der Waals surface area contributed by atoms with E-state index in [0.29, 0.717) is 0 Å². The highest BCUT2D eigenvalue weighted by Gasteiger charge is 1.99. The zero-order valence-corrected chi connectivity index (χ0v) is 11.2. The number of hydrogen-bond acceptors (Lipinski definition) is 3. The van der Waals surface area contributed by atoms with Crippen LogP contribution in [0.3, 0.4) is 0 Å². The summed E-state index contributed by atoms with van der Waals surface area (Å²) >= 11 is 1.90. The van der Waals surface area contributed by atoms with Crippen LogP contribution < -0.4 is 5.32 Å². The molecule has 0 bridgehead atoms. The van der Waals surface area contributed by atoms with Gasteiger partial charge in [0.05, 0.1) is 6.61 Å². The molecular weight excluding hydrogens is 218 g/mol. The molecule has 0 aliphatic carbocycles.